The van der Waals surface area contributed by atoms with Crippen molar-refractivity contribution in [2.24, 2.45) is 0 Å². The van der Waals surface area contributed by atoms with Crippen LogP contribution >= 0.6 is 0 Å². The molecule has 0 fully saturated rings. The Labute approximate surface area is 145 Å². The summed E-state index contributed by atoms with van der Waals surface area (Å²) in [6.45, 7) is 3.84. The molecule has 2 aromatic rings. The lowest BCUT2D eigenvalue weighted by atomic mass is 10.0. The van der Waals surface area contributed by atoms with Crippen LogP contribution < -0.4 is 0 Å². The van der Waals surface area contributed by atoms with E-state index in [1.165, 1.54) is 30.3 Å². The van der Waals surface area contributed by atoms with Crippen LogP contribution in [-0.2, 0) is 6.42 Å². The highest BCUT2D eigenvalue weighted by molar-refractivity contribution is 6.09. The number of aliphatic hydroxyl groups is 1. The summed E-state index contributed by atoms with van der Waals surface area (Å²) in [6, 6.07) is 8.23. The van der Waals surface area contributed by atoms with E-state index in [0.717, 1.165) is 17.7 Å². The van der Waals surface area contributed by atoms with Crippen LogP contribution in [0.3, 0.4) is 0 Å². The van der Waals surface area contributed by atoms with Gasteiger partial charge in [0.05, 0.1) is 5.56 Å². The van der Waals surface area contributed by atoms with Gasteiger partial charge in [0.15, 0.2) is 5.78 Å². The first-order valence-corrected chi connectivity index (χ1v) is 7.70. The van der Waals surface area contributed by atoms with Crippen molar-refractivity contribution in [1.82, 2.24) is 0 Å². The maximum atomic E-state index is 12.4. The summed E-state index contributed by atoms with van der Waals surface area (Å²) in [5.74, 6) is -1.30. The van der Waals surface area contributed by atoms with Gasteiger partial charge in [-0.15, -0.1) is 0 Å². The lowest BCUT2D eigenvalue weighted by Gasteiger charge is -2.08. The van der Waals surface area contributed by atoms with Gasteiger partial charge in [0, 0.05) is 17.7 Å². The highest BCUT2D eigenvalue weighted by atomic mass is 16.3. The minimum absolute atomic E-state index is 0.0136. The van der Waals surface area contributed by atoms with Crippen LogP contribution in [0.15, 0.2) is 54.1 Å². The number of aromatic hydroxyl groups is 3. The zero-order valence-corrected chi connectivity index (χ0v) is 14.0. The molecule has 0 aliphatic carbocycles. The number of benzene rings is 2. The van der Waals surface area contributed by atoms with Crippen LogP contribution in [0.5, 0.6) is 17.2 Å². The Morgan fingerprint density at radius 1 is 1.00 bits per heavy atom. The average Bonchev–Trinajstić information content (AvgIpc) is 2.54. The van der Waals surface area contributed by atoms with Crippen molar-refractivity contribution in [3.05, 3.63) is 70.8 Å². The molecule has 0 amide bonds. The van der Waals surface area contributed by atoms with Crippen molar-refractivity contribution in [2.75, 3.05) is 0 Å². The minimum Gasteiger partial charge on any atom is -0.508 e. The predicted molar refractivity (Wildman–Crippen MR) is 95.9 cm³/mol. The second kappa shape index (κ2) is 7.57. The molecule has 0 aliphatic rings. The van der Waals surface area contributed by atoms with Gasteiger partial charge in [-0.2, -0.15) is 0 Å². The normalized spacial score (nSPS) is 11.2. The lowest BCUT2D eigenvalue weighted by Crippen LogP contribution is -1.99. The molecular formula is C20H20O5. The van der Waals surface area contributed by atoms with E-state index in [1.54, 1.807) is 0 Å². The Hall–Kier alpha value is -3.21. The molecule has 0 saturated heterocycles. The number of phenols is 3. The number of allylic oxidation sites excluding steroid dienone is 3. The van der Waals surface area contributed by atoms with Gasteiger partial charge in [-0.25, -0.2) is 0 Å². The first kappa shape index (κ1) is 18.1. The van der Waals surface area contributed by atoms with Crippen LogP contribution in [0.4, 0.5) is 0 Å². The maximum Gasteiger partial charge on any atom is 0.193 e. The van der Waals surface area contributed by atoms with Crippen molar-refractivity contribution in [3.8, 4) is 17.2 Å². The summed E-state index contributed by atoms with van der Waals surface area (Å²) < 4.78 is 0. The molecule has 0 aromatic heterocycles. The second-order valence-electron chi connectivity index (χ2n) is 5.92. The standard InChI is InChI=1S/C20H20O5/c1-12(2)3-4-14-9-16(20(25)11-18(14)23)19(24)10-17(22)13-5-7-15(21)8-6-13/h3,5-11,21-23,25H,4H2,1-2H3. The fourth-order valence-corrected chi connectivity index (χ4v) is 2.21. The van der Waals surface area contributed by atoms with E-state index in [2.05, 4.69) is 0 Å². The number of ketones is 1. The van der Waals surface area contributed by atoms with Crippen LogP contribution in [-0.4, -0.2) is 26.2 Å². The average molecular weight is 340 g/mol. The number of phenolic OH excluding ortho intramolecular Hbond substituents is 3. The number of aliphatic hydroxyl groups excluding tert-OH is 1. The molecule has 0 saturated carbocycles. The number of carbonyl (C=O) groups is 1. The molecule has 0 radical (unpaired) electrons. The summed E-state index contributed by atoms with van der Waals surface area (Å²) in [4.78, 5) is 12.4. The number of hydrogen-bond donors (Lipinski definition) is 4. The van der Waals surface area contributed by atoms with Gasteiger partial charge < -0.3 is 20.4 Å². The fraction of sp³-hybridized carbons (Fsp3) is 0.150. The highest BCUT2D eigenvalue weighted by Crippen LogP contribution is 2.29. The first-order valence-electron chi connectivity index (χ1n) is 7.70. The van der Waals surface area contributed by atoms with E-state index in [9.17, 15) is 25.2 Å². The van der Waals surface area contributed by atoms with Crippen molar-refractivity contribution >= 4 is 11.5 Å². The largest absolute Gasteiger partial charge is 0.508 e. The highest BCUT2D eigenvalue weighted by Gasteiger charge is 2.14. The summed E-state index contributed by atoms with van der Waals surface area (Å²) in [7, 11) is 0. The van der Waals surface area contributed by atoms with Crippen LogP contribution in [0.1, 0.15) is 35.3 Å². The molecule has 0 unspecified atom stereocenters. The third kappa shape index (κ3) is 4.64. The van der Waals surface area contributed by atoms with Gasteiger partial charge >= 0.3 is 0 Å². The Morgan fingerprint density at radius 3 is 2.24 bits per heavy atom. The molecular weight excluding hydrogens is 320 g/mol. The molecule has 0 atom stereocenters. The molecule has 0 aliphatic heterocycles. The van der Waals surface area contributed by atoms with Gasteiger partial charge in [-0.05, 0) is 56.2 Å². The minimum atomic E-state index is -0.596. The van der Waals surface area contributed by atoms with E-state index >= 15 is 0 Å². The quantitative estimate of drug-likeness (QED) is 0.284. The molecule has 0 heterocycles. The van der Waals surface area contributed by atoms with Crippen molar-refractivity contribution in [1.29, 1.82) is 0 Å². The first-order chi connectivity index (χ1) is 11.8. The third-order valence-electron chi connectivity index (χ3n) is 3.62. The molecule has 0 spiro atoms. The summed E-state index contributed by atoms with van der Waals surface area (Å²) >= 11 is 0. The van der Waals surface area contributed by atoms with Gasteiger partial charge in [-0.3, -0.25) is 4.79 Å². The molecule has 5 heteroatoms. The van der Waals surface area contributed by atoms with E-state index in [0.29, 0.717) is 17.5 Å². The van der Waals surface area contributed by atoms with Crippen LogP contribution in [0.2, 0.25) is 0 Å². The predicted octanol–water partition coefficient (Wildman–Crippen LogP) is 4.09. The van der Waals surface area contributed by atoms with Crippen molar-refractivity contribution in [3.63, 3.8) is 0 Å². The maximum absolute atomic E-state index is 12.4. The Morgan fingerprint density at radius 2 is 1.64 bits per heavy atom. The van der Waals surface area contributed by atoms with E-state index in [1.807, 2.05) is 19.9 Å². The number of carbonyl (C=O) groups excluding carboxylic acids is 1. The summed E-state index contributed by atoms with van der Waals surface area (Å²) in [5, 5.41) is 39.2. The summed E-state index contributed by atoms with van der Waals surface area (Å²) in [6.07, 6.45) is 3.30. The second-order valence-corrected chi connectivity index (χ2v) is 5.92. The fourth-order valence-electron chi connectivity index (χ4n) is 2.21. The molecule has 0 bridgehead atoms. The Balaban J connectivity index is 2.34. The van der Waals surface area contributed by atoms with E-state index in [4.69, 9.17) is 0 Å². The van der Waals surface area contributed by atoms with E-state index < -0.39 is 5.78 Å². The monoisotopic (exact) mass is 340 g/mol. The Bertz CT molecular complexity index is 841. The molecule has 2 aromatic carbocycles. The van der Waals surface area contributed by atoms with Crippen LogP contribution in [0.25, 0.3) is 5.76 Å². The van der Waals surface area contributed by atoms with Gasteiger partial charge in [0.25, 0.3) is 0 Å². The number of rotatable bonds is 5. The van der Waals surface area contributed by atoms with Crippen LogP contribution in [0, 0.1) is 0 Å². The SMILES string of the molecule is CC(C)=CCc1cc(C(=O)C=C(O)c2ccc(O)cc2)c(O)cc1O. The third-order valence-corrected chi connectivity index (χ3v) is 3.62. The molecule has 4 N–H and O–H groups in total. The molecule has 130 valence electrons. The van der Waals surface area contributed by atoms with Gasteiger partial charge in [0.2, 0.25) is 0 Å². The number of hydrogen-bond acceptors (Lipinski definition) is 5. The zero-order valence-electron chi connectivity index (χ0n) is 14.0. The van der Waals surface area contributed by atoms with Gasteiger partial charge in [-0.1, -0.05) is 11.6 Å². The zero-order chi connectivity index (χ0) is 18.6. The topological polar surface area (TPSA) is 98.0 Å². The van der Waals surface area contributed by atoms with Crippen molar-refractivity contribution < 1.29 is 25.2 Å². The van der Waals surface area contributed by atoms with Crippen molar-refractivity contribution in [2.45, 2.75) is 20.3 Å². The lowest BCUT2D eigenvalue weighted by molar-refractivity contribution is 0.104. The molecule has 25 heavy (non-hydrogen) atoms. The Kier molecular flexibility index (Phi) is 5.49. The summed E-state index contributed by atoms with van der Waals surface area (Å²) in [5.41, 5.74) is 1.90. The van der Waals surface area contributed by atoms with Gasteiger partial charge in [0.1, 0.15) is 23.0 Å². The molecule has 5 nitrogen and oxygen atoms in total. The molecule has 2 rings (SSSR count). The van der Waals surface area contributed by atoms with E-state index in [-0.39, 0.29) is 28.6 Å². The smallest absolute Gasteiger partial charge is 0.193 e.